The van der Waals surface area contributed by atoms with E-state index in [0.717, 1.165) is 18.0 Å². The monoisotopic (exact) mass is 407 g/mol. The molecule has 7 nitrogen and oxygen atoms in total. The number of nitrogens with zero attached hydrogens (tertiary/aromatic N) is 2. The minimum absolute atomic E-state index is 0.0325. The molecule has 1 aliphatic rings. The molecule has 1 aromatic heterocycles. The molecule has 2 rings (SSSR count). The molecule has 28 heavy (non-hydrogen) atoms. The van der Waals surface area contributed by atoms with Crippen molar-refractivity contribution in [1.82, 2.24) is 15.1 Å². The molecular weight excluding hydrogens is 376 g/mol. The van der Waals surface area contributed by atoms with Crippen LogP contribution in [-0.4, -0.2) is 79.4 Å². The van der Waals surface area contributed by atoms with E-state index >= 15 is 0 Å². The number of hydrogen-bond donors (Lipinski definition) is 2. The summed E-state index contributed by atoms with van der Waals surface area (Å²) in [7, 11) is 1.64. The molecule has 0 atom stereocenters. The van der Waals surface area contributed by atoms with Crippen molar-refractivity contribution in [3.05, 3.63) is 28.5 Å². The fourth-order valence-corrected chi connectivity index (χ4v) is 3.60. The average Bonchev–Trinajstić information content (AvgIpc) is 3.12. The van der Waals surface area contributed by atoms with E-state index in [4.69, 9.17) is 0 Å². The quantitative estimate of drug-likeness (QED) is 0.645. The normalized spacial score (nSPS) is 15.6. The second-order valence-corrected chi connectivity index (χ2v) is 9.13. The van der Waals surface area contributed by atoms with Gasteiger partial charge in [-0.1, -0.05) is 6.07 Å². The van der Waals surface area contributed by atoms with E-state index in [-0.39, 0.29) is 29.8 Å². The van der Waals surface area contributed by atoms with Crippen LogP contribution in [-0.2, 0) is 14.4 Å². The minimum Gasteiger partial charge on any atom is -0.347 e. The van der Waals surface area contributed by atoms with Crippen LogP contribution in [0.2, 0.25) is 0 Å². The number of thiophene rings is 1. The van der Waals surface area contributed by atoms with Crippen LogP contribution in [0.4, 0.5) is 0 Å². The third-order valence-electron chi connectivity index (χ3n) is 4.43. The number of carbonyl (C=O) groups excluding carboxylic acids is 3. The lowest BCUT2D eigenvalue weighted by Gasteiger charge is -2.33. The number of nitrogens with one attached hydrogen (secondary N) is 2. The summed E-state index contributed by atoms with van der Waals surface area (Å²) >= 11 is 1.56. The first-order valence-electron chi connectivity index (χ1n) is 9.53. The zero-order valence-electron chi connectivity index (χ0n) is 17.2. The molecule has 0 spiro atoms. The summed E-state index contributed by atoms with van der Waals surface area (Å²) in [4.78, 5) is 42.1. The highest BCUT2D eigenvalue weighted by Crippen LogP contribution is 2.10. The topological polar surface area (TPSA) is 74.2 Å². The zero-order chi connectivity index (χ0) is 20.7. The SMILES string of the molecule is CN(CC(=O)N1CC[NH+](CC(=O)NC(C)(C)C)CC1)C(=O)/C=C/c1cccs1. The van der Waals surface area contributed by atoms with Crippen LogP contribution in [0.1, 0.15) is 25.6 Å². The smallest absolute Gasteiger partial charge is 0.275 e. The standard InChI is InChI=1S/C20H30N4O3S/c1-20(2,3)21-17(25)14-23-9-11-24(12-10-23)19(27)15-22(4)18(26)8-7-16-6-5-13-28-16/h5-8,13H,9-12,14-15H2,1-4H3,(H,21,25)/p+1/b8-7+. The maximum Gasteiger partial charge on any atom is 0.275 e. The number of amides is 3. The molecule has 0 aromatic carbocycles. The molecule has 0 unspecified atom stereocenters. The lowest BCUT2D eigenvalue weighted by atomic mass is 10.1. The van der Waals surface area contributed by atoms with Crippen LogP contribution < -0.4 is 10.2 Å². The molecule has 0 aliphatic carbocycles. The van der Waals surface area contributed by atoms with E-state index in [9.17, 15) is 14.4 Å². The summed E-state index contributed by atoms with van der Waals surface area (Å²) in [6, 6.07) is 3.86. The van der Waals surface area contributed by atoms with Gasteiger partial charge in [0.15, 0.2) is 6.54 Å². The minimum atomic E-state index is -0.233. The summed E-state index contributed by atoms with van der Waals surface area (Å²) in [5, 5.41) is 4.92. The highest BCUT2D eigenvalue weighted by atomic mass is 32.1. The molecule has 154 valence electrons. The summed E-state index contributed by atoms with van der Waals surface area (Å²) in [6.45, 7) is 9.05. The zero-order valence-corrected chi connectivity index (χ0v) is 18.0. The molecule has 0 bridgehead atoms. The van der Waals surface area contributed by atoms with Crippen LogP contribution in [0, 0.1) is 0 Å². The Balaban J connectivity index is 1.74. The van der Waals surface area contributed by atoms with Crippen molar-refractivity contribution >= 4 is 35.1 Å². The van der Waals surface area contributed by atoms with Gasteiger partial charge in [0, 0.05) is 23.5 Å². The van der Waals surface area contributed by atoms with Gasteiger partial charge in [-0.05, 0) is 38.3 Å². The summed E-state index contributed by atoms with van der Waals surface area (Å²) < 4.78 is 0. The predicted octanol–water partition coefficient (Wildman–Crippen LogP) is -0.138. The van der Waals surface area contributed by atoms with Gasteiger partial charge in [0.1, 0.15) is 0 Å². The Kier molecular flexibility index (Phi) is 7.77. The van der Waals surface area contributed by atoms with Crippen LogP contribution in [0.3, 0.4) is 0 Å². The number of carbonyl (C=O) groups is 3. The average molecular weight is 408 g/mol. The van der Waals surface area contributed by atoms with E-state index in [1.54, 1.807) is 29.4 Å². The third-order valence-corrected chi connectivity index (χ3v) is 5.27. The maximum absolute atomic E-state index is 12.5. The molecule has 0 radical (unpaired) electrons. The third kappa shape index (κ3) is 7.44. The second-order valence-electron chi connectivity index (χ2n) is 8.15. The fourth-order valence-electron chi connectivity index (χ4n) is 2.99. The van der Waals surface area contributed by atoms with Gasteiger partial charge in [0.05, 0.1) is 32.7 Å². The molecule has 1 fully saturated rings. The highest BCUT2D eigenvalue weighted by molar-refractivity contribution is 7.10. The van der Waals surface area contributed by atoms with Crippen molar-refractivity contribution in [2.45, 2.75) is 26.3 Å². The summed E-state index contributed by atoms with van der Waals surface area (Å²) in [5.41, 5.74) is -0.233. The summed E-state index contributed by atoms with van der Waals surface area (Å²) in [5.74, 6) is -0.214. The van der Waals surface area contributed by atoms with E-state index in [0.29, 0.717) is 19.6 Å². The van der Waals surface area contributed by atoms with Crippen molar-refractivity contribution in [1.29, 1.82) is 0 Å². The second kappa shape index (κ2) is 9.84. The predicted molar refractivity (Wildman–Crippen MR) is 111 cm³/mol. The number of likely N-dealkylation sites (N-methyl/N-ethyl adjacent to an activating group) is 1. The highest BCUT2D eigenvalue weighted by Gasteiger charge is 2.27. The first-order chi connectivity index (χ1) is 13.1. The molecule has 3 amide bonds. The van der Waals surface area contributed by atoms with Gasteiger partial charge in [0.25, 0.3) is 5.91 Å². The largest absolute Gasteiger partial charge is 0.347 e. The van der Waals surface area contributed by atoms with Gasteiger partial charge in [-0.3, -0.25) is 14.4 Å². The van der Waals surface area contributed by atoms with Crippen molar-refractivity contribution in [2.75, 3.05) is 46.3 Å². The van der Waals surface area contributed by atoms with E-state index in [1.807, 2.05) is 38.3 Å². The molecule has 2 heterocycles. The van der Waals surface area contributed by atoms with Crippen molar-refractivity contribution in [3.8, 4) is 0 Å². The number of piperazine rings is 1. The van der Waals surface area contributed by atoms with Crippen LogP contribution in [0.15, 0.2) is 23.6 Å². The van der Waals surface area contributed by atoms with Gasteiger partial charge in [0.2, 0.25) is 11.8 Å². The van der Waals surface area contributed by atoms with Gasteiger partial charge in [-0.25, -0.2) is 0 Å². The lowest BCUT2D eigenvalue weighted by Crippen LogP contribution is -3.16. The lowest BCUT2D eigenvalue weighted by molar-refractivity contribution is -0.896. The van der Waals surface area contributed by atoms with Crippen molar-refractivity contribution < 1.29 is 19.3 Å². The Morgan fingerprint density at radius 3 is 2.54 bits per heavy atom. The maximum atomic E-state index is 12.5. The van der Waals surface area contributed by atoms with Crippen LogP contribution in [0.5, 0.6) is 0 Å². The van der Waals surface area contributed by atoms with E-state index in [2.05, 4.69) is 5.32 Å². The van der Waals surface area contributed by atoms with Gasteiger partial charge in [-0.2, -0.15) is 0 Å². The molecule has 1 saturated heterocycles. The number of quaternary nitrogens is 1. The van der Waals surface area contributed by atoms with Crippen molar-refractivity contribution in [2.24, 2.45) is 0 Å². The Bertz CT molecular complexity index is 702. The molecule has 1 aromatic rings. The Labute approximate surface area is 171 Å². The Morgan fingerprint density at radius 2 is 1.96 bits per heavy atom. The Hall–Kier alpha value is -2.19. The van der Waals surface area contributed by atoms with Crippen molar-refractivity contribution in [3.63, 3.8) is 0 Å². The number of rotatable bonds is 6. The van der Waals surface area contributed by atoms with Gasteiger partial charge >= 0.3 is 0 Å². The van der Waals surface area contributed by atoms with Gasteiger partial charge < -0.3 is 20.0 Å². The van der Waals surface area contributed by atoms with Crippen LogP contribution in [0.25, 0.3) is 6.08 Å². The molecule has 2 N–H and O–H groups in total. The molecule has 8 heteroatoms. The number of hydrogen-bond acceptors (Lipinski definition) is 4. The van der Waals surface area contributed by atoms with E-state index < -0.39 is 0 Å². The molecule has 0 saturated carbocycles. The van der Waals surface area contributed by atoms with Gasteiger partial charge in [-0.15, -0.1) is 11.3 Å². The van der Waals surface area contributed by atoms with E-state index in [1.165, 1.54) is 15.9 Å². The molecular formula is C20H31N4O3S+. The summed E-state index contributed by atoms with van der Waals surface area (Å²) in [6.07, 6.45) is 3.26. The Morgan fingerprint density at radius 1 is 1.29 bits per heavy atom. The van der Waals surface area contributed by atoms with Crippen LogP contribution >= 0.6 is 11.3 Å². The fraction of sp³-hybridized carbons (Fsp3) is 0.550. The first kappa shape index (κ1) is 22.1. The molecule has 1 aliphatic heterocycles. The first-order valence-corrected chi connectivity index (χ1v) is 10.4.